The molecule has 0 atom stereocenters. The zero-order valence-electron chi connectivity index (χ0n) is 9.81. The van der Waals surface area contributed by atoms with Crippen LogP contribution >= 0.6 is 0 Å². The zero-order chi connectivity index (χ0) is 12.5. The molecule has 0 aliphatic carbocycles. The van der Waals surface area contributed by atoms with Crippen LogP contribution < -0.4 is 4.74 Å². The number of furan rings is 1. The van der Waals surface area contributed by atoms with Crippen LogP contribution in [0, 0.1) is 5.82 Å². The summed E-state index contributed by atoms with van der Waals surface area (Å²) in [4.78, 5) is 0. The second-order valence-corrected chi connectivity index (χ2v) is 4.00. The summed E-state index contributed by atoms with van der Waals surface area (Å²) in [5, 5.41) is 0.966. The lowest BCUT2D eigenvalue weighted by Gasteiger charge is -1.99. The maximum Gasteiger partial charge on any atom is 0.176 e. The Kier molecular flexibility index (Phi) is 2.52. The third-order valence-corrected chi connectivity index (χ3v) is 2.86. The monoisotopic (exact) mass is 242 g/mol. The normalized spacial score (nSPS) is 10.8. The number of hydrogen-bond acceptors (Lipinski definition) is 2. The van der Waals surface area contributed by atoms with Crippen molar-refractivity contribution in [3.8, 4) is 17.1 Å². The molecule has 90 valence electrons. The van der Waals surface area contributed by atoms with Crippen LogP contribution in [0.25, 0.3) is 22.3 Å². The summed E-state index contributed by atoms with van der Waals surface area (Å²) < 4.78 is 23.9. The van der Waals surface area contributed by atoms with Crippen LogP contribution in [-0.2, 0) is 0 Å². The first-order valence-electron chi connectivity index (χ1n) is 5.60. The first-order valence-corrected chi connectivity index (χ1v) is 5.60. The highest BCUT2D eigenvalue weighted by Crippen LogP contribution is 2.33. The van der Waals surface area contributed by atoms with Gasteiger partial charge in [-0.05, 0) is 36.4 Å². The average molecular weight is 242 g/mol. The molecule has 18 heavy (non-hydrogen) atoms. The molecule has 0 aliphatic heterocycles. The Bertz CT molecular complexity index is 683. The largest absolute Gasteiger partial charge is 0.493 e. The smallest absolute Gasteiger partial charge is 0.176 e. The first kappa shape index (κ1) is 10.8. The van der Waals surface area contributed by atoms with Crippen molar-refractivity contribution in [2.24, 2.45) is 0 Å². The molecule has 0 N–H and O–H groups in total. The van der Waals surface area contributed by atoms with Gasteiger partial charge < -0.3 is 9.15 Å². The topological polar surface area (TPSA) is 22.4 Å². The predicted molar refractivity (Wildman–Crippen MR) is 68.2 cm³/mol. The van der Waals surface area contributed by atoms with E-state index in [1.807, 2.05) is 24.3 Å². The number of para-hydroxylation sites is 1. The van der Waals surface area contributed by atoms with Crippen molar-refractivity contribution in [2.75, 3.05) is 7.11 Å². The van der Waals surface area contributed by atoms with Gasteiger partial charge in [-0.25, -0.2) is 4.39 Å². The highest BCUT2D eigenvalue weighted by molar-refractivity contribution is 5.87. The van der Waals surface area contributed by atoms with Gasteiger partial charge in [0.15, 0.2) is 11.3 Å². The molecule has 0 saturated carbocycles. The Morgan fingerprint density at radius 3 is 2.56 bits per heavy atom. The van der Waals surface area contributed by atoms with E-state index in [2.05, 4.69) is 0 Å². The Labute approximate surface area is 104 Å². The number of halogens is 1. The first-order chi connectivity index (χ1) is 8.78. The molecule has 1 aromatic heterocycles. The number of ether oxygens (including phenoxy) is 1. The summed E-state index contributed by atoms with van der Waals surface area (Å²) in [5.41, 5.74) is 1.55. The van der Waals surface area contributed by atoms with Crippen LogP contribution in [0.5, 0.6) is 5.75 Å². The Morgan fingerprint density at radius 2 is 1.83 bits per heavy atom. The minimum atomic E-state index is -0.257. The summed E-state index contributed by atoms with van der Waals surface area (Å²) in [7, 11) is 1.61. The molecule has 0 spiro atoms. The summed E-state index contributed by atoms with van der Waals surface area (Å²) in [5.74, 6) is 1.14. The van der Waals surface area contributed by atoms with Gasteiger partial charge in [-0.3, -0.25) is 0 Å². The van der Waals surface area contributed by atoms with Gasteiger partial charge in [0.05, 0.1) is 7.11 Å². The zero-order valence-corrected chi connectivity index (χ0v) is 9.81. The molecule has 1 heterocycles. The van der Waals surface area contributed by atoms with Crippen molar-refractivity contribution in [2.45, 2.75) is 0 Å². The van der Waals surface area contributed by atoms with E-state index < -0.39 is 0 Å². The lowest BCUT2D eigenvalue weighted by atomic mass is 10.1. The number of fused-ring (bicyclic) bond motifs is 1. The molecular weight excluding hydrogens is 231 g/mol. The van der Waals surface area contributed by atoms with E-state index in [9.17, 15) is 4.39 Å². The van der Waals surface area contributed by atoms with Gasteiger partial charge >= 0.3 is 0 Å². The van der Waals surface area contributed by atoms with Crippen LogP contribution in [0.2, 0.25) is 0 Å². The van der Waals surface area contributed by atoms with Gasteiger partial charge in [0.25, 0.3) is 0 Å². The quantitative estimate of drug-likeness (QED) is 0.670. The number of methoxy groups -OCH3 is 1. The fourth-order valence-electron chi connectivity index (χ4n) is 1.95. The van der Waals surface area contributed by atoms with Crippen LogP contribution in [0.1, 0.15) is 0 Å². The maximum absolute atomic E-state index is 12.9. The summed E-state index contributed by atoms with van der Waals surface area (Å²) in [6, 6.07) is 13.9. The highest BCUT2D eigenvalue weighted by Gasteiger charge is 2.09. The lowest BCUT2D eigenvalue weighted by molar-refractivity contribution is 0.411. The van der Waals surface area contributed by atoms with Gasteiger partial charge in [-0.2, -0.15) is 0 Å². The third-order valence-electron chi connectivity index (χ3n) is 2.86. The van der Waals surface area contributed by atoms with E-state index in [0.717, 1.165) is 10.9 Å². The van der Waals surface area contributed by atoms with E-state index in [4.69, 9.17) is 9.15 Å². The lowest BCUT2D eigenvalue weighted by Crippen LogP contribution is -1.81. The molecule has 0 fully saturated rings. The molecule has 0 radical (unpaired) electrons. The molecule has 2 nitrogen and oxygen atoms in total. The van der Waals surface area contributed by atoms with E-state index in [1.165, 1.54) is 12.1 Å². The van der Waals surface area contributed by atoms with Gasteiger partial charge in [0.2, 0.25) is 0 Å². The summed E-state index contributed by atoms with van der Waals surface area (Å²) >= 11 is 0. The Balaban J connectivity index is 2.16. The SMILES string of the molecule is COc1cccc2cc(-c3ccc(F)cc3)oc12. The standard InChI is InChI=1S/C15H11FO2/c1-17-13-4-2-3-11-9-14(18-15(11)13)10-5-7-12(16)8-6-10/h2-9H,1H3. The minimum Gasteiger partial charge on any atom is -0.493 e. The van der Waals surface area contributed by atoms with Crippen molar-refractivity contribution in [1.29, 1.82) is 0 Å². The third kappa shape index (κ3) is 1.74. The van der Waals surface area contributed by atoms with Crippen LogP contribution in [-0.4, -0.2) is 7.11 Å². The van der Waals surface area contributed by atoms with Gasteiger partial charge in [-0.1, -0.05) is 12.1 Å². The molecule has 0 bridgehead atoms. The van der Waals surface area contributed by atoms with Crippen molar-refractivity contribution >= 4 is 11.0 Å². The van der Waals surface area contributed by atoms with Crippen LogP contribution in [0.4, 0.5) is 4.39 Å². The van der Waals surface area contributed by atoms with Crippen molar-refractivity contribution in [3.63, 3.8) is 0 Å². The Morgan fingerprint density at radius 1 is 1.06 bits per heavy atom. The van der Waals surface area contributed by atoms with Crippen molar-refractivity contribution in [1.82, 2.24) is 0 Å². The van der Waals surface area contributed by atoms with Crippen molar-refractivity contribution < 1.29 is 13.5 Å². The minimum absolute atomic E-state index is 0.257. The van der Waals surface area contributed by atoms with Gasteiger partial charge in [0.1, 0.15) is 11.6 Å². The predicted octanol–water partition coefficient (Wildman–Crippen LogP) is 4.25. The molecule has 0 aliphatic rings. The Hall–Kier alpha value is -2.29. The fourth-order valence-corrected chi connectivity index (χ4v) is 1.95. The average Bonchev–Trinajstić information content (AvgIpc) is 2.83. The van der Waals surface area contributed by atoms with Gasteiger partial charge in [0, 0.05) is 10.9 Å². The molecule has 3 aromatic rings. The van der Waals surface area contributed by atoms with E-state index in [1.54, 1.807) is 19.2 Å². The van der Waals surface area contributed by atoms with E-state index in [0.29, 0.717) is 17.1 Å². The number of benzene rings is 2. The fraction of sp³-hybridized carbons (Fsp3) is 0.0667. The van der Waals surface area contributed by atoms with Crippen LogP contribution in [0.3, 0.4) is 0 Å². The van der Waals surface area contributed by atoms with E-state index >= 15 is 0 Å². The van der Waals surface area contributed by atoms with Crippen LogP contribution in [0.15, 0.2) is 52.9 Å². The van der Waals surface area contributed by atoms with E-state index in [-0.39, 0.29) is 5.82 Å². The molecule has 0 amide bonds. The number of hydrogen-bond donors (Lipinski definition) is 0. The maximum atomic E-state index is 12.9. The summed E-state index contributed by atoms with van der Waals surface area (Å²) in [6.07, 6.45) is 0. The molecule has 0 saturated heterocycles. The molecule has 0 unspecified atom stereocenters. The summed E-state index contributed by atoms with van der Waals surface area (Å²) in [6.45, 7) is 0. The molecule has 3 rings (SSSR count). The molecule has 2 aromatic carbocycles. The molecular formula is C15H11FO2. The van der Waals surface area contributed by atoms with Crippen molar-refractivity contribution in [3.05, 3.63) is 54.3 Å². The second kappa shape index (κ2) is 4.18. The second-order valence-electron chi connectivity index (χ2n) is 4.00. The number of rotatable bonds is 2. The van der Waals surface area contributed by atoms with Gasteiger partial charge in [-0.15, -0.1) is 0 Å². The highest BCUT2D eigenvalue weighted by atomic mass is 19.1. The molecule has 3 heteroatoms.